The second-order valence-electron chi connectivity index (χ2n) is 8.52. The Morgan fingerprint density at radius 2 is 1.44 bits per heavy atom. The minimum Gasteiger partial charge on any atom is -0.493 e. The lowest BCUT2D eigenvalue weighted by Gasteiger charge is -2.19. The standard InChI is InChI=1S/C30H32O4/c1-4-6-18-32-27-20-25(29(33-19-7-5-2)24-16-10-12-21(3)28(24)27)30(31)34-26-17-11-14-22-13-8-9-15-23(22)26/h8-17,20H,4-7,18-19H2,1-3H3. The summed E-state index contributed by atoms with van der Waals surface area (Å²) in [7, 11) is 0. The Bertz CT molecular complexity index is 1290. The van der Waals surface area contributed by atoms with Crippen molar-refractivity contribution in [1.82, 2.24) is 0 Å². The second kappa shape index (κ2) is 11.1. The largest absolute Gasteiger partial charge is 0.493 e. The molecule has 0 spiro atoms. The molecular weight excluding hydrogens is 424 g/mol. The number of hydrogen-bond donors (Lipinski definition) is 0. The number of hydrogen-bond acceptors (Lipinski definition) is 4. The van der Waals surface area contributed by atoms with Crippen LogP contribution in [-0.2, 0) is 0 Å². The molecule has 0 atom stereocenters. The highest BCUT2D eigenvalue weighted by atomic mass is 16.5. The molecule has 0 aromatic heterocycles. The zero-order chi connectivity index (χ0) is 23.9. The molecule has 0 aliphatic rings. The first-order chi connectivity index (χ1) is 16.6. The van der Waals surface area contributed by atoms with Gasteiger partial charge in [0.1, 0.15) is 22.8 Å². The molecule has 0 N–H and O–H groups in total. The van der Waals surface area contributed by atoms with Crippen molar-refractivity contribution in [3.05, 3.63) is 77.9 Å². The molecule has 4 aromatic rings. The quantitative estimate of drug-likeness (QED) is 0.138. The zero-order valence-corrected chi connectivity index (χ0v) is 20.2. The number of aryl methyl sites for hydroxylation is 1. The van der Waals surface area contributed by atoms with Gasteiger partial charge >= 0.3 is 5.97 Å². The van der Waals surface area contributed by atoms with E-state index in [-0.39, 0.29) is 0 Å². The van der Waals surface area contributed by atoms with E-state index in [0.717, 1.165) is 52.8 Å². The van der Waals surface area contributed by atoms with E-state index >= 15 is 0 Å². The average molecular weight is 457 g/mol. The van der Waals surface area contributed by atoms with E-state index in [2.05, 4.69) is 26.8 Å². The Morgan fingerprint density at radius 1 is 0.765 bits per heavy atom. The van der Waals surface area contributed by atoms with E-state index in [1.165, 1.54) is 0 Å². The Kier molecular flexibility index (Phi) is 7.69. The number of ether oxygens (including phenoxy) is 3. The topological polar surface area (TPSA) is 44.8 Å². The monoisotopic (exact) mass is 456 g/mol. The predicted molar refractivity (Wildman–Crippen MR) is 138 cm³/mol. The first-order valence-corrected chi connectivity index (χ1v) is 12.2. The van der Waals surface area contributed by atoms with Crippen molar-refractivity contribution in [2.75, 3.05) is 13.2 Å². The molecule has 4 heteroatoms. The Labute approximate surface area is 201 Å². The summed E-state index contributed by atoms with van der Waals surface area (Å²) >= 11 is 0. The number of fused-ring (bicyclic) bond motifs is 2. The molecule has 0 amide bonds. The van der Waals surface area contributed by atoms with E-state index in [1.54, 1.807) is 6.07 Å². The summed E-state index contributed by atoms with van der Waals surface area (Å²) in [5.41, 5.74) is 1.46. The third kappa shape index (κ3) is 5.01. The highest BCUT2D eigenvalue weighted by molar-refractivity contribution is 6.06. The molecule has 176 valence electrons. The smallest absolute Gasteiger partial charge is 0.347 e. The van der Waals surface area contributed by atoms with Crippen LogP contribution in [0.2, 0.25) is 0 Å². The molecule has 0 unspecified atom stereocenters. The van der Waals surface area contributed by atoms with Gasteiger partial charge in [0, 0.05) is 16.2 Å². The molecule has 0 saturated heterocycles. The normalized spacial score (nSPS) is 11.0. The van der Waals surface area contributed by atoms with E-state index in [4.69, 9.17) is 14.2 Å². The third-order valence-electron chi connectivity index (χ3n) is 5.96. The molecule has 4 aromatic carbocycles. The van der Waals surface area contributed by atoms with Crippen molar-refractivity contribution in [2.45, 2.75) is 46.5 Å². The fraction of sp³-hybridized carbons (Fsp3) is 0.300. The summed E-state index contributed by atoms with van der Waals surface area (Å²) in [5, 5.41) is 3.76. The first-order valence-electron chi connectivity index (χ1n) is 12.2. The van der Waals surface area contributed by atoms with Gasteiger partial charge in [-0.2, -0.15) is 0 Å². The van der Waals surface area contributed by atoms with Crippen molar-refractivity contribution < 1.29 is 19.0 Å². The van der Waals surface area contributed by atoms with Crippen LogP contribution in [0.1, 0.15) is 55.5 Å². The Morgan fingerprint density at radius 3 is 2.24 bits per heavy atom. The van der Waals surface area contributed by atoms with Gasteiger partial charge in [0.15, 0.2) is 0 Å². The van der Waals surface area contributed by atoms with Crippen LogP contribution < -0.4 is 14.2 Å². The number of unbranched alkanes of at least 4 members (excludes halogenated alkanes) is 2. The van der Waals surface area contributed by atoms with Gasteiger partial charge in [-0.15, -0.1) is 0 Å². The number of esters is 1. The molecule has 0 fully saturated rings. The number of carbonyl (C=O) groups is 1. The summed E-state index contributed by atoms with van der Waals surface area (Å²) in [6.07, 6.45) is 3.88. The van der Waals surface area contributed by atoms with Crippen LogP contribution in [0.25, 0.3) is 21.5 Å². The molecule has 4 rings (SSSR count). The number of rotatable bonds is 10. The van der Waals surface area contributed by atoms with Gasteiger partial charge in [0.05, 0.1) is 13.2 Å². The fourth-order valence-corrected chi connectivity index (χ4v) is 4.10. The maximum absolute atomic E-state index is 13.6. The number of benzene rings is 4. The van der Waals surface area contributed by atoms with Crippen molar-refractivity contribution in [1.29, 1.82) is 0 Å². The van der Waals surface area contributed by atoms with Gasteiger partial charge in [-0.3, -0.25) is 0 Å². The highest BCUT2D eigenvalue weighted by Crippen LogP contribution is 2.40. The lowest BCUT2D eigenvalue weighted by atomic mass is 10.00. The van der Waals surface area contributed by atoms with Crippen molar-refractivity contribution in [3.8, 4) is 17.2 Å². The third-order valence-corrected chi connectivity index (χ3v) is 5.96. The van der Waals surface area contributed by atoms with Crippen LogP contribution in [0.3, 0.4) is 0 Å². The lowest BCUT2D eigenvalue weighted by Crippen LogP contribution is -2.13. The summed E-state index contributed by atoms with van der Waals surface area (Å²) < 4.78 is 18.3. The molecule has 0 aliphatic carbocycles. The molecule has 4 nitrogen and oxygen atoms in total. The van der Waals surface area contributed by atoms with Crippen LogP contribution >= 0.6 is 0 Å². The van der Waals surface area contributed by atoms with Gasteiger partial charge in [0.25, 0.3) is 0 Å². The lowest BCUT2D eigenvalue weighted by molar-refractivity contribution is 0.0732. The molecule has 0 heterocycles. The fourth-order valence-electron chi connectivity index (χ4n) is 4.10. The van der Waals surface area contributed by atoms with Crippen LogP contribution in [0.4, 0.5) is 0 Å². The Hall–Kier alpha value is -3.53. The van der Waals surface area contributed by atoms with Gasteiger partial charge < -0.3 is 14.2 Å². The predicted octanol–water partition coefficient (Wildman–Crippen LogP) is 7.88. The molecule has 0 aliphatic heterocycles. The van der Waals surface area contributed by atoms with Crippen molar-refractivity contribution in [2.24, 2.45) is 0 Å². The van der Waals surface area contributed by atoms with Gasteiger partial charge in [0.2, 0.25) is 0 Å². The van der Waals surface area contributed by atoms with E-state index < -0.39 is 5.97 Å². The minimum absolute atomic E-state index is 0.383. The van der Waals surface area contributed by atoms with Crippen molar-refractivity contribution >= 4 is 27.5 Å². The van der Waals surface area contributed by atoms with Crippen molar-refractivity contribution in [3.63, 3.8) is 0 Å². The van der Waals surface area contributed by atoms with Gasteiger partial charge in [-0.1, -0.05) is 81.3 Å². The van der Waals surface area contributed by atoms with Gasteiger partial charge in [-0.25, -0.2) is 4.79 Å². The van der Waals surface area contributed by atoms with Crippen LogP contribution in [-0.4, -0.2) is 19.2 Å². The Balaban J connectivity index is 1.81. The van der Waals surface area contributed by atoms with Crippen LogP contribution in [0.15, 0.2) is 66.7 Å². The number of carbonyl (C=O) groups excluding carboxylic acids is 1. The summed E-state index contributed by atoms with van der Waals surface area (Å²) in [6, 6.07) is 21.4. The maximum Gasteiger partial charge on any atom is 0.347 e. The highest BCUT2D eigenvalue weighted by Gasteiger charge is 2.23. The van der Waals surface area contributed by atoms with E-state index in [1.807, 2.05) is 54.6 Å². The average Bonchev–Trinajstić information content (AvgIpc) is 2.85. The summed E-state index contributed by atoms with van der Waals surface area (Å²) in [4.78, 5) is 13.6. The van der Waals surface area contributed by atoms with Gasteiger partial charge in [-0.05, 0) is 42.8 Å². The summed E-state index contributed by atoms with van der Waals surface area (Å²) in [5.74, 6) is 1.32. The van der Waals surface area contributed by atoms with Crippen LogP contribution in [0.5, 0.6) is 17.2 Å². The summed E-state index contributed by atoms with van der Waals surface area (Å²) in [6.45, 7) is 7.42. The maximum atomic E-state index is 13.6. The molecule has 0 bridgehead atoms. The minimum atomic E-state index is -0.452. The second-order valence-corrected chi connectivity index (χ2v) is 8.52. The first kappa shape index (κ1) is 23.6. The molecule has 0 saturated carbocycles. The van der Waals surface area contributed by atoms with Crippen LogP contribution in [0, 0.1) is 6.92 Å². The zero-order valence-electron chi connectivity index (χ0n) is 20.2. The SMILES string of the molecule is CCCCOc1c(C(=O)Oc2cccc3ccccc23)cc(OCCCC)c2c(C)cccc12. The molecule has 34 heavy (non-hydrogen) atoms. The molecular formula is C30H32O4. The van der Waals surface area contributed by atoms with E-state index in [0.29, 0.717) is 36.0 Å². The van der Waals surface area contributed by atoms with E-state index in [9.17, 15) is 4.79 Å². The molecule has 0 radical (unpaired) electrons.